The van der Waals surface area contributed by atoms with E-state index >= 15 is 0 Å². The molecule has 1 saturated heterocycles. The highest BCUT2D eigenvalue weighted by molar-refractivity contribution is 5.75. The van der Waals surface area contributed by atoms with Gasteiger partial charge in [0, 0.05) is 31.7 Å². The summed E-state index contributed by atoms with van der Waals surface area (Å²) in [4.78, 5) is 21.8. The van der Waals surface area contributed by atoms with Crippen LogP contribution in [0.15, 0.2) is 24.3 Å². The molecule has 1 aliphatic heterocycles. The Labute approximate surface area is 156 Å². The molecule has 7 nitrogen and oxygen atoms in total. The number of benzene rings is 1. The Morgan fingerprint density at radius 2 is 2.22 bits per heavy atom. The number of nitrogens with zero attached hydrogens (tertiary/aromatic N) is 4. The van der Waals surface area contributed by atoms with Crippen LogP contribution in [0.4, 0.5) is 9.18 Å². The van der Waals surface area contributed by atoms with Crippen molar-refractivity contribution in [2.75, 3.05) is 19.6 Å². The summed E-state index contributed by atoms with van der Waals surface area (Å²) in [6.07, 6.45) is 1.47. The van der Waals surface area contributed by atoms with Crippen LogP contribution in [0.5, 0.6) is 0 Å². The highest BCUT2D eigenvalue weighted by Crippen LogP contribution is 2.23. The number of hydrogen-bond donors (Lipinski definition) is 2. The zero-order valence-electron chi connectivity index (χ0n) is 15.5. The standard InChI is InChI=1S/C19H23FN6O/c1-12-9-13(2)26(24-12)15-6-8-25(11-15)19(27)21-7-5-18-22-16-4-3-14(20)10-17(16)23-18/h3-4,9-10,15H,5-8,11H2,1-2H3,(H,21,27)(H,22,23)/t15-/m1/s1. The van der Waals surface area contributed by atoms with Crippen LogP contribution in [0.1, 0.15) is 29.7 Å². The zero-order chi connectivity index (χ0) is 19.0. The van der Waals surface area contributed by atoms with E-state index in [4.69, 9.17) is 0 Å². The first-order valence-corrected chi connectivity index (χ1v) is 9.19. The molecule has 1 aromatic carbocycles. The summed E-state index contributed by atoms with van der Waals surface area (Å²) in [5.74, 6) is 0.440. The van der Waals surface area contributed by atoms with Gasteiger partial charge >= 0.3 is 6.03 Å². The number of halogens is 1. The quantitative estimate of drug-likeness (QED) is 0.741. The molecule has 142 valence electrons. The van der Waals surface area contributed by atoms with Crippen molar-refractivity contribution in [3.63, 3.8) is 0 Å². The third-order valence-electron chi connectivity index (χ3n) is 4.97. The van der Waals surface area contributed by atoms with Crippen LogP contribution >= 0.6 is 0 Å². The van der Waals surface area contributed by atoms with Gasteiger partial charge in [0.1, 0.15) is 11.6 Å². The van der Waals surface area contributed by atoms with Crippen molar-refractivity contribution in [3.8, 4) is 0 Å². The monoisotopic (exact) mass is 370 g/mol. The minimum Gasteiger partial charge on any atom is -0.342 e. The van der Waals surface area contributed by atoms with Crippen molar-refractivity contribution < 1.29 is 9.18 Å². The molecule has 1 atom stereocenters. The maximum atomic E-state index is 13.2. The average molecular weight is 370 g/mol. The number of carbonyl (C=O) groups is 1. The van der Waals surface area contributed by atoms with Crippen molar-refractivity contribution in [3.05, 3.63) is 47.3 Å². The van der Waals surface area contributed by atoms with Gasteiger partial charge in [-0.25, -0.2) is 14.2 Å². The van der Waals surface area contributed by atoms with Crippen LogP contribution < -0.4 is 5.32 Å². The predicted octanol–water partition coefficient (Wildman–Crippen LogP) is 2.71. The molecule has 27 heavy (non-hydrogen) atoms. The lowest BCUT2D eigenvalue weighted by Gasteiger charge is -2.18. The minimum atomic E-state index is -0.294. The van der Waals surface area contributed by atoms with E-state index in [1.165, 1.54) is 12.1 Å². The van der Waals surface area contributed by atoms with Gasteiger partial charge in [0.05, 0.1) is 22.8 Å². The zero-order valence-corrected chi connectivity index (χ0v) is 15.5. The van der Waals surface area contributed by atoms with Crippen molar-refractivity contribution in [1.29, 1.82) is 0 Å². The van der Waals surface area contributed by atoms with Gasteiger partial charge in [-0.1, -0.05) is 0 Å². The van der Waals surface area contributed by atoms with E-state index in [-0.39, 0.29) is 17.9 Å². The molecule has 1 aliphatic rings. The summed E-state index contributed by atoms with van der Waals surface area (Å²) in [6, 6.07) is 6.68. The third-order valence-corrected chi connectivity index (χ3v) is 4.97. The van der Waals surface area contributed by atoms with Gasteiger partial charge < -0.3 is 15.2 Å². The second-order valence-electron chi connectivity index (χ2n) is 7.09. The molecule has 0 spiro atoms. The highest BCUT2D eigenvalue weighted by Gasteiger charge is 2.28. The number of rotatable bonds is 4. The average Bonchev–Trinajstić information content (AvgIpc) is 3.32. The van der Waals surface area contributed by atoms with Gasteiger partial charge in [0.2, 0.25) is 0 Å². The van der Waals surface area contributed by atoms with Crippen LogP contribution in [0, 0.1) is 19.7 Å². The Balaban J connectivity index is 1.30. The predicted molar refractivity (Wildman–Crippen MR) is 100 cm³/mol. The maximum absolute atomic E-state index is 13.2. The molecule has 4 rings (SSSR count). The number of aromatic amines is 1. The van der Waals surface area contributed by atoms with Crippen LogP contribution in [0.2, 0.25) is 0 Å². The van der Waals surface area contributed by atoms with Crippen molar-refractivity contribution >= 4 is 17.1 Å². The number of H-pyrrole nitrogens is 1. The molecule has 0 saturated carbocycles. The van der Waals surface area contributed by atoms with E-state index in [2.05, 4.69) is 26.4 Å². The topological polar surface area (TPSA) is 78.8 Å². The van der Waals surface area contributed by atoms with E-state index in [1.54, 1.807) is 6.07 Å². The Morgan fingerprint density at radius 3 is 3.00 bits per heavy atom. The Hall–Kier alpha value is -2.90. The molecule has 3 aromatic rings. The fourth-order valence-corrected chi connectivity index (χ4v) is 3.69. The van der Waals surface area contributed by atoms with Crippen molar-refractivity contribution in [1.82, 2.24) is 30.0 Å². The molecule has 8 heteroatoms. The Morgan fingerprint density at radius 1 is 1.37 bits per heavy atom. The number of hydrogen-bond acceptors (Lipinski definition) is 3. The summed E-state index contributed by atoms with van der Waals surface area (Å²) in [5.41, 5.74) is 3.52. The molecule has 2 aromatic heterocycles. The van der Waals surface area contributed by atoms with Crippen LogP contribution in [0.3, 0.4) is 0 Å². The molecule has 2 amide bonds. The summed E-state index contributed by atoms with van der Waals surface area (Å²) < 4.78 is 15.3. The minimum absolute atomic E-state index is 0.0683. The number of imidazole rings is 1. The van der Waals surface area contributed by atoms with Gasteiger partial charge in [-0.2, -0.15) is 5.10 Å². The van der Waals surface area contributed by atoms with Gasteiger partial charge in [-0.3, -0.25) is 4.68 Å². The maximum Gasteiger partial charge on any atom is 0.317 e. The molecule has 2 N–H and O–H groups in total. The molecule has 3 heterocycles. The number of fused-ring (bicyclic) bond motifs is 1. The second kappa shape index (κ2) is 7.02. The van der Waals surface area contributed by atoms with Gasteiger partial charge in [-0.05, 0) is 44.5 Å². The molecule has 0 unspecified atom stereocenters. The van der Waals surface area contributed by atoms with E-state index < -0.39 is 0 Å². The molecular formula is C19H23FN6O. The van der Waals surface area contributed by atoms with E-state index in [9.17, 15) is 9.18 Å². The SMILES string of the molecule is Cc1cc(C)n([C@@H]2CCN(C(=O)NCCc3nc4ccc(F)cc4[nH]3)C2)n1. The molecule has 0 aliphatic carbocycles. The summed E-state index contributed by atoms with van der Waals surface area (Å²) in [5, 5.41) is 7.48. The van der Waals surface area contributed by atoms with Crippen LogP contribution in [-0.4, -0.2) is 50.3 Å². The first-order valence-electron chi connectivity index (χ1n) is 9.19. The first-order chi connectivity index (χ1) is 13.0. The number of aromatic nitrogens is 4. The van der Waals surface area contributed by atoms with Gasteiger partial charge in [0.15, 0.2) is 0 Å². The fourth-order valence-electron chi connectivity index (χ4n) is 3.69. The van der Waals surface area contributed by atoms with Gasteiger partial charge in [-0.15, -0.1) is 0 Å². The highest BCUT2D eigenvalue weighted by atomic mass is 19.1. The molecule has 1 fully saturated rings. The van der Waals surface area contributed by atoms with E-state index in [0.717, 1.165) is 35.7 Å². The summed E-state index contributed by atoms with van der Waals surface area (Å²) >= 11 is 0. The lowest BCUT2D eigenvalue weighted by molar-refractivity contribution is 0.207. The lowest BCUT2D eigenvalue weighted by Crippen LogP contribution is -2.39. The third kappa shape index (κ3) is 3.65. The van der Waals surface area contributed by atoms with Crippen LogP contribution in [0.25, 0.3) is 11.0 Å². The van der Waals surface area contributed by atoms with Crippen molar-refractivity contribution in [2.24, 2.45) is 0 Å². The molecular weight excluding hydrogens is 347 g/mol. The number of nitrogens with one attached hydrogen (secondary N) is 2. The Bertz CT molecular complexity index is 978. The van der Waals surface area contributed by atoms with Crippen LogP contribution in [-0.2, 0) is 6.42 Å². The van der Waals surface area contributed by atoms with Crippen molar-refractivity contribution in [2.45, 2.75) is 32.7 Å². The molecule has 0 bridgehead atoms. The first kappa shape index (κ1) is 17.5. The number of urea groups is 1. The second-order valence-corrected chi connectivity index (χ2v) is 7.09. The van der Waals surface area contributed by atoms with E-state index in [1.807, 2.05) is 23.4 Å². The number of carbonyl (C=O) groups excluding carboxylic acids is 1. The van der Waals surface area contributed by atoms with Gasteiger partial charge in [0.25, 0.3) is 0 Å². The Kier molecular flexibility index (Phi) is 4.55. The van der Waals surface area contributed by atoms with E-state index in [0.29, 0.717) is 25.0 Å². The summed E-state index contributed by atoms with van der Waals surface area (Å²) in [6.45, 7) is 5.88. The normalized spacial score (nSPS) is 17.0. The smallest absolute Gasteiger partial charge is 0.317 e. The summed E-state index contributed by atoms with van der Waals surface area (Å²) in [7, 11) is 0. The largest absolute Gasteiger partial charge is 0.342 e. The number of amides is 2. The lowest BCUT2D eigenvalue weighted by atomic mass is 10.2. The molecule has 0 radical (unpaired) electrons. The fraction of sp³-hybridized carbons (Fsp3) is 0.421. The number of likely N-dealkylation sites (tertiary alicyclic amines) is 1. The number of aryl methyl sites for hydroxylation is 2.